The van der Waals surface area contributed by atoms with Gasteiger partial charge >= 0.3 is 5.97 Å². The molecule has 4 nitrogen and oxygen atoms in total. The Hall–Kier alpha value is -2.49. The molecule has 0 atom stereocenters. The summed E-state index contributed by atoms with van der Waals surface area (Å²) >= 11 is 0. The SMILES string of the molecule is CCCCCCCCCOc1ccccc1C(=O)Oc1cccc(CCCCCCCCC)c1O. The van der Waals surface area contributed by atoms with Crippen molar-refractivity contribution in [2.75, 3.05) is 6.61 Å². The van der Waals surface area contributed by atoms with Crippen LogP contribution in [0.4, 0.5) is 0 Å². The largest absolute Gasteiger partial charge is 0.504 e. The minimum Gasteiger partial charge on any atom is -0.504 e. The second-order valence-corrected chi connectivity index (χ2v) is 9.49. The van der Waals surface area contributed by atoms with Crippen LogP contribution in [0.5, 0.6) is 17.2 Å². The number of rotatable bonds is 19. The zero-order chi connectivity index (χ0) is 25.1. The van der Waals surface area contributed by atoms with Crippen LogP contribution in [0.1, 0.15) is 120 Å². The lowest BCUT2D eigenvalue weighted by Crippen LogP contribution is -2.11. The van der Waals surface area contributed by atoms with Gasteiger partial charge in [0.15, 0.2) is 11.5 Å². The summed E-state index contributed by atoms with van der Waals surface area (Å²) in [5.41, 5.74) is 1.21. The number of aryl methyl sites for hydroxylation is 1. The number of ether oxygens (including phenoxy) is 2. The number of benzene rings is 2. The van der Waals surface area contributed by atoms with E-state index < -0.39 is 5.97 Å². The molecule has 0 aliphatic rings. The van der Waals surface area contributed by atoms with E-state index in [4.69, 9.17) is 9.47 Å². The fourth-order valence-electron chi connectivity index (χ4n) is 4.28. The van der Waals surface area contributed by atoms with Crippen molar-refractivity contribution < 1.29 is 19.4 Å². The standard InChI is InChI=1S/C31H46O4/c1-3-5-7-9-11-13-15-20-26-21-19-24-29(30(26)32)35-31(33)27-22-16-17-23-28(27)34-25-18-14-12-10-8-6-4-2/h16-17,19,21-24,32H,3-15,18,20,25H2,1-2H3. The van der Waals surface area contributed by atoms with Crippen molar-refractivity contribution in [2.45, 2.75) is 110 Å². The highest BCUT2D eigenvalue weighted by Crippen LogP contribution is 2.32. The normalized spacial score (nSPS) is 10.9. The second kappa shape index (κ2) is 17.9. The van der Waals surface area contributed by atoms with Gasteiger partial charge in [-0.25, -0.2) is 4.79 Å². The summed E-state index contributed by atoms with van der Waals surface area (Å²) in [7, 11) is 0. The third-order valence-electron chi connectivity index (χ3n) is 6.45. The molecule has 35 heavy (non-hydrogen) atoms. The number of phenolic OH excluding ortho intramolecular Hbond substituents is 1. The van der Waals surface area contributed by atoms with Gasteiger partial charge < -0.3 is 14.6 Å². The maximum atomic E-state index is 12.9. The lowest BCUT2D eigenvalue weighted by molar-refractivity contribution is 0.0724. The molecule has 0 saturated carbocycles. The summed E-state index contributed by atoms with van der Waals surface area (Å²) in [6.45, 7) is 5.04. The Bertz CT molecular complexity index is 846. The maximum absolute atomic E-state index is 12.9. The van der Waals surface area contributed by atoms with E-state index >= 15 is 0 Å². The first-order chi connectivity index (χ1) is 17.2. The van der Waals surface area contributed by atoms with Crippen LogP contribution in [0.2, 0.25) is 0 Å². The van der Waals surface area contributed by atoms with E-state index in [9.17, 15) is 9.90 Å². The van der Waals surface area contributed by atoms with Gasteiger partial charge in [0.25, 0.3) is 0 Å². The molecule has 2 aromatic carbocycles. The quantitative estimate of drug-likeness (QED) is 0.123. The number of aromatic hydroxyl groups is 1. The average Bonchev–Trinajstić information content (AvgIpc) is 2.87. The van der Waals surface area contributed by atoms with Crippen molar-refractivity contribution in [3.05, 3.63) is 53.6 Å². The van der Waals surface area contributed by atoms with Crippen molar-refractivity contribution in [2.24, 2.45) is 0 Å². The smallest absolute Gasteiger partial charge is 0.347 e. The maximum Gasteiger partial charge on any atom is 0.347 e. The first kappa shape index (κ1) is 28.7. The Kier molecular flexibility index (Phi) is 14.7. The molecule has 0 bridgehead atoms. The molecule has 0 unspecified atom stereocenters. The van der Waals surface area contributed by atoms with Gasteiger partial charge in [0, 0.05) is 0 Å². The van der Waals surface area contributed by atoms with Gasteiger partial charge in [-0.05, 0) is 43.0 Å². The van der Waals surface area contributed by atoms with Gasteiger partial charge in [0.05, 0.1) is 6.61 Å². The Morgan fingerprint density at radius 3 is 1.94 bits per heavy atom. The van der Waals surface area contributed by atoms with Gasteiger partial charge in [-0.1, -0.05) is 115 Å². The number of unbranched alkanes of at least 4 members (excludes halogenated alkanes) is 12. The Labute approximate surface area is 213 Å². The molecule has 4 heteroatoms. The first-order valence-electron chi connectivity index (χ1n) is 13.9. The van der Waals surface area contributed by atoms with E-state index in [1.807, 2.05) is 18.2 Å². The molecule has 0 spiro atoms. The molecule has 0 radical (unpaired) electrons. The summed E-state index contributed by atoms with van der Waals surface area (Å²) in [5.74, 6) is 0.288. The van der Waals surface area contributed by atoms with Crippen LogP contribution in [-0.4, -0.2) is 17.7 Å². The molecule has 0 amide bonds. The van der Waals surface area contributed by atoms with Crippen LogP contribution < -0.4 is 9.47 Å². The van der Waals surface area contributed by atoms with Crippen LogP contribution in [0.3, 0.4) is 0 Å². The van der Waals surface area contributed by atoms with Crippen LogP contribution in [0.15, 0.2) is 42.5 Å². The number of carbonyl (C=O) groups excluding carboxylic acids is 1. The predicted molar refractivity (Wildman–Crippen MR) is 145 cm³/mol. The van der Waals surface area contributed by atoms with E-state index in [0.29, 0.717) is 17.9 Å². The van der Waals surface area contributed by atoms with Crippen molar-refractivity contribution in [1.82, 2.24) is 0 Å². The van der Waals surface area contributed by atoms with Crippen LogP contribution in [0.25, 0.3) is 0 Å². The van der Waals surface area contributed by atoms with Gasteiger partial charge in [-0.2, -0.15) is 0 Å². The lowest BCUT2D eigenvalue weighted by atomic mass is 10.0. The molecule has 0 aliphatic heterocycles. The summed E-state index contributed by atoms with van der Waals surface area (Å²) in [4.78, 5) is 12.9. The zero-order valence-electron chi connectivity index (χ0n) is 22.0. The molecule has 2 rings (SSSR count). The Morgan fingerprint density at radius 2 is 1.26 bits per heavy atom. The summed E-state index contributed by atoms with van der Waals surface area (Å²) in [5, 5.41) is 10.7. The third kappa shape index (κ3) is 11.2. The highest BCUT2D eigenvalue weighted by atomic mass is 16.5. The number of esters is 1. The highest BCUT2D eigenvalue weighted by molar-refractivity contribution is 5.94. The molecule has 0 aromatic heterocycles. The molecule has 2 aromatic rings. The number of hydrogen-bond acceptors (Lipinski definition) is 4. The number of carbonyl (C=O) groups is 1. The Balaban J connectivity index is 1.84. The van der Waals surface area contributed by atoms with Gasteiger partial charge in [-0.3, -0.25) is 0 Å². The van der Waals surface area contributed by atoms with Crippen molar-refractivity contribution in [1.29, 1.82) is 0 Å². The fourth-order valence-corrected chi connectivity index (χ4v) is 4.28. The van der Waals surface area contributed by atoms with E-state index in [-0.39, 0.29) is 11.5 Å². The number of hydrogen-bond donors (Lipinski definition) is 1. The van der Waals surface area contributed by atoms with Crippen LogP contribution in [0, 0.1) is 0 Å². The van der Waals surface area contributed by atoms with Crippen molar-refractivity contribution in [3.8, 4) is 17.2 Å². The average molecular weight is 483 g/mol. The van der Waals surface area contributed by atoms with Gasteiger partial charge in [0.2, 0.25) is 0 Å². The number of para-hydroxylation sites is 2. The van der Waals surface area contributed by atoms with E-state index in [0.717, 1.165) is 37.7 Å². The van der Waals surface area contributed by atoms with Crippen molar-refractivity contribution >= 4 is 5.97 Å². The molecule has 1 N–H and O–H groups in total. The molecule has 0 heterocycles. The minimum atomic E-state index is -0.511. The lowest BCUT2D eigenvalue weighted by Gasteiger charge is -2.13. The third-order valence-corrected chi connectivity index (χ3v) is 6.45. The fraction of sp³-hybridized carbons (Fsp3) is 0.581. The molecular formula is C31H46O4. The zero-order valence-corrected chi connectivity index (χ0v) is 22.0. The molecule has 0 saturated heterocycles. The second-order valence-electron chi connectivity index (χ2n) is 9.49. The summed E-state index contributed by atoms with van der Waals surface area (Å²) < 4.78 is 11.5. The van der Waals surface area contributed by atoms with E-state index in [1.54, 1.807) is 24.3 Å². The highest BCUT2D eigenvalue weighted by Gasteiger charge is 2.17. The topological polar surface area (TPSA) is 55.8 Å². The minimum absolute atomic E-state index is 0.0632. The molecule has 0 aliphatic carbocycles. The van der Waals surface area contributed by atoms with E-state index in [1.165, 1.54) is 64.2 Å². The molecule has 194 valence electrons. The Morgan fingerprint density at radius 1 is 0.686 bits per heavy atom. The van der Waals surface area contributed by atoms with Gasteiger partial charge in [-0.15, -0.1) is 0 Å². The van der Waals surface area contributed by atoms with E-state index in [2.05, 4.69) is 13.8 Å². The predicted octanol–water partition coefficient (Wildman–Crippen LogP) is 9.03. The molecule has 0 fully saturated rings. The summed E-state index contributed by atoms with van der Waals surface area (Å²) in [6, 6.07) is 12.6. The first-order valence-corrected chi connectivity index (χ1v) is 13.9. The summed E-state index contributed by atoms with van der Waals surface area (Å²) in [6.07, 6.45) is 17.8. The van der Waals surface area contributed by atoms with Crippen LogP contribution in [-0.2, 0) is 6.42 Å². The van der Waals surface area contributed by atoms with Crippen molar-refractivity contribution in [3.63, 3.8) is 0 Å². The number of phenols is 1. The van der Waals surface area contributed by atoms with Gasteiger partial charge in [0.1, 0.15) is 11.3 Å². The monoisotopic (exact) mass is 482 g/mol. The van der Waals surface area contributed by atoms with Crippen LogP contribution >= 0.6 is 0 Å². The molecular weight excluding hydrogens is 436 g/mol.